The maximum atomic E-state index is 12.0. The average molecular weight is 266 g/mol. The fraction of sp³-hybridized carbons (Fsp3) is 0.462. The summed E-state index contributed by atoms with van der Waals surface area (Å²) in [6.45, 7) is 3.40. The minimum atomic E-state index is 0.0294. The first-order valence-electron chi connectivity index (χ1n) is 6.30. The van der Waals surface area contributed by atoms with Gasteiger partial charge in [0.2, 0.25) is 5.91 Å². The van der Waals surface area contributed by atoms with Crippen molar-refractivity contribution in [2.75, 3.05) is 40.3 Å². The van der Waals surface area contributed by atoms with Gasteiger partial charge in [0, 0.05) is 38.3 Å². The van der Waals surface area contributed by atoms with Crippen LogP contribution in [-0.4, -0.2) is 56.0 Å². The van der Waals surface area contributed by atoms with Gasteiger partial charge < -0.3 is 14.2 Å². The van der Waals surface area contributed by atoms with Crippen LogP contribution in [0.15, 0.2) is 22.6 Å². The summed E-state index contributed by atoms with van der Waals surface area (Å²) in [5, 5.41) is 0. The van der Waals surface area contributed by atoms with Crippen LogP contribution in [0.2, 0.25) is 0 Å². The quantitative estimate of drug-likeness (QED) is 0.607. The molecular formula is C13H20N3O3+. The third-order valence-corrected chi connectivity index (χ3v) is 3.09. The Morgan fingerprint density at radius 3 is 2.79 bits per heavy atom. The lowest BCUT2D eigenvalue weighted by atomic mass is 10.3. The van der Waals surface area contributed by atoms with E-state index in [0.717, 1.165) is 26.2 Å². The molecule has 1 aliphatic rings. The summed E-state index contributed by atoms with van der Waals surface area (Å²) in [6, 6.07) is 3.60. The number of hydrogen-bond acceptors (Lipinski definition) is 4. The molecule has 6 heteroatoms. The van der Waals surface area contributed by atoms with Gasteiger partial charge in [0.15, 0.2) is 0 Å². The summed E-state index contributed by atoms with van der Waals surface area (Å²) in [7, 11) is 3.63. The number of carbonyl (C=O) groups excluding carboxylic acids is 1. The van der Waals surface area contributed by atoms with Crippen molar-refractivity contribution in [3.05, 3.63) is 24.0 Å². The van der Waals surface area contributed by atoms with Crippen LogP contribution in [0.5, 0.6) is 0 Å². The molecule has 0 bridgehead atoms. The number of furan rings is 1. The lowest BCUT2D eigenvalue weighted by molar-refractivity contribution is -0.837. The van der Waals surface area contributed by atoms with Crippen molar-refractivity contribution in [2.24, 2.45) is 0 Å². The number of piperazine rings is 1. The monoisotopic (exact) mass is 266 g/mol. The molecule has 0 radical (unpaired) electrons. The van der Waals surface area contributed by atoms with E-state index in [0.29, 0.717) is 11.6 Å². The first-order chi connectivity index (χ1) is 9.19. The molecule has 1 aromatic heterocycles. The van der Waals surface area contributed by atoms with Crippen LogP contribution in [0.25, 0.3) is 6.08 Å². The van der Waals surface area contributed by atoms with Crippen molar-refractivity contribution >= 4 is 17.9 Å². The molecule has 1 saturated heterocycles. The van der Waals surface area contributed by atoms with E-state index < -0.39 is 0 Å². The molecule has 1 aromatic rings. The highest BCUT2D eigenvalue weighted by Crippen LogP contribution is 2.10. The van der Waals surface area contributed by atoms with E-state index in [2.05, 4.69) is 11.9 Å². The topological polar surface area (TPSA) is 62.5 Å². The lowest BCUT2D eigenvalue weighted by Crippen LogP contribution is -2.75. The molecular weight excluding hydrogens is 246 g/mol. The van der Waals surface area contributed by atoms with Gasteiger partial charge in [-0.1, -0.05) is 0 Å². The summed E-state index contributed by atoms with van der Waals surface area (Å²) >= 11 is 0. The van der Waals surface area contributed by atoms with Crippen molar-refractivity contribution in [1.82, 2.24) is 9.80 Å². The first kappa shape index (κ1) is 13.8. The SMILES string of the molecule is CO[NH2+]c1ccc(/C=C/C(=O)N2CCN(C)CC2)o1. The Labute approximate surface area is 112 Å². The largest absolute Gasteiger partial charge is 0.411 e. The van der Waals surface area contributed by atoms with Gasteiger partial charge in [-0.15, -0.1) is 5.48 Å². The molecule has 0 saturated carbocycles. The zero-order valence-electron chi connectivity index (χ0n) is 11.3. The molecule has 0 spiro atoms. The Balaban J connectivity index is 1.88. The molecule has 2 rings (SSSR count). The van der Waals surface area contributed by atoms with Crippen LogP contribution in [0.3, 0.4) is 0 Å². The minimum Gasteiger partial charge on any atom is -0.411 e. The highest BCUT2D eigenvalue weighted by Gasteiger charge is 2.16. The zero-order valence-corrected chi connectivity index (χ0v) is 11.3. The first-order valence-corrected chi connectivity index (χ1v) is 6.30. The lowest BCUT2D eigenvalue weighted by Gasteiger charge is -2.31. The molecule has 0 atom stereocenters. The maximum Gasteiger partial charge on any atom is 0.326 e. The molecule has 2 heterocycles. The van der Waals surface area contributed by atoms with Gasteiger partial charge in [-0.2, -0.15) is 0 Å². The highest BCUT2D eigenvalue weighted by atomic mass is 16.6. The van der Waals surface area contributed by atoms with Crippen molar-refractivity contribution in [2.45, 2.75) is 0 Å². The zero-order chi connectivity index (χ0) is 13.7. The third-order valence-electron chi connectivity index (χ3n) is 3.09. The van der Waals surface area contributed by atoms with E-state index in [-0.39, 0.29) is 5.91 Å². The van der Waals surface area contributed by atoms with E-state index in [1.165, 1.54) is 5.48 Å². The molecule has 0 aromatic carbocycles. The van der Waals surface area contributed by atoms with Crippen molar-refractivity contribution in [3.63, 3.8) is 0 Å². The molecule has 2 N–H and O–H groups in total. The second-order valence-electron chi connectivity index (χ2n) is 4.56. The van der Waals surface area contributed by atoms with Crippen molar-refractivity contribution in [1.29, 1.82) is 0 Å². The minimum absolute atomic E-state index is 0.0294. The second kappa shape index (κ2) is 6.51. The van der Waals surface area contributed by atoms with E-state index in [9.17, 15) is 4.79 Å². The molecule has 0 unspecified atom stereocenters. The summed E-state index contributed by atoms with van der Waals surface area (Å²) in [4.78, 5) is 20.9. The summed E-state index contributed by atoms with van der Waals surface area (Å²) < 4.78 is 5.43. The van der Waals surface area contributed by atoms with E-state index in [4.69, 9.17) is 9.25 Å². The highest BCUT2D eigenvalue weighted by molar-refractivity contribution is 5.91. The van der Waals surface area contributed by atoms with Gasteiger partial charge in [-0.25, -0.2) is 4.84 Å². The normalized spacial score (nSPS) is 17.3. The Morgan fingerprint density at radius 1 is 1.37 bits per heavy atom. The van der Waals surface area contributed by atoms with Crippen molar-refractivity contribution < 1.29 is 19.5 Å². The number of likely N-dealkylation sites (N-methyl/N-ethyl adjacent to an activating group) is 1. The predicted molar refractivity (Wildman–Crippen MR) is 70.4 cm³/mol. The van der Waals surface area contributed by atoms with Gasteiger partial charge in [-0.05, 0) is 19.2 Å². The van der Waals surface area contributed by atoms with Gasteiger partial charge in [0.25, 0.3) is 0 Å². The van der Waals surface area contributed by atoms with Crippen LogP contribution in [0, 0.1) is 0 Å². The Hall–Kier alpha value is -1.63. The van der Waals surface area contributed by atoms with E-state index >= 15 is 0 Å². The Kier molecular flexibility index (Phi) is 4.73. The van der Waals surface area contributed by atoms with Crippen LogP contribution in [0.4, 0.5) is 5.88 Å². The number of nitrogens with two attached hydrogens (primary N) is 1. The Morgan fingerprint density at radius 2 is 2.11 bits per heavy atom. The molecule has 19 heavy (non-hydrogen) atoms. The fourth-order valence-corrected chi connectivity index (χ4v) is 1.92. The van der Waals surface area contributed by atoms with E-state index in [1.54, 1.807) is 31.4 Å². The maximum absolute atomic E-state index is 12.0. The molecule has 1 amide bonds. The fourth-order valence-electron chi connectivity index (χ4n) is 1.92. The third kappa shape index (κ3) is 3.92. The second-order valence-corrected chi connectivity index (χ2v) is 4.56. The standard InChI is InChI=1S/C13H19N3O3/c1-15-7-9-16(10-8-15)13(17)6-4-11-3-5-12(19-11)14-18-2/h3-6,14H,7-10H2,1-2H3/p+1/b6-4+. The van der Waals surface area contributed by atoms with Gasteiger partial charge in [0.1, 0.15) is 5.76 Å². The van der Waals surface area contributed by atoms with Gasteiger partial charge in [0.05, 0.1) is 7.11 Å². The van der Waals surface area contributed by atoms with E-state index in [1.807, 2.05) is 4.90 Å². The number of rotatable bonds is 4. The number of hydrogen-bond donors (Lipinski definition) is 1. The predicted octanol–water partition coefficient (Wildman–Crippen LogP) is -0.177. The smallest absolute Gasteiger partial charge is 0.326 e. The Bertz CT molecular complexity index is 448. The number of nitrogens with zero attached hydrogens (tertiary/aromatic N) is 2. The molecule has 0 aliphatic carbocycles. The van der Waals surface area contributed by atoms with Crippen LogP contribution in [-0.2, 0) is 9.63 Å². The van der Waals surface area contributed by atoms with Crippen molar-refractivity contribution in [3.8, 4) is 0 Å². The summed E-state index contributed by atoms with van der Waals surface area (Å²) in [5.41, 5.74) is 1.51. The number of quaternary nitrogens is 1. The molecule has 6 nitrogen and oxygen atoms in total. The number of amides is 1. The average Bonchev–Trinajstić information content (AvgIpc) is 2.85. The van der Waals surface area contributed by atoms with Crippen LogP contribution >= 0.6 is 0 Å². The summed E-state index contributed by atoms with van der Waals surface area (Å²) in [6.07, 6.45) is 3.24. The van der Waals surface area contributed by atoms with Crippen LogP contribution < -0.4 is 5.48 Å². The van der Waals surface area contributed by atoms with Gasteiger partial charge in [-0.3, -0.25) is 4.79 Å². The van der Waals surface area contributed by atoms with Gasteiger partial charge >= 0.3 is 5.88 Å². The molecule has 104 valence electrons. The summed E-state index contributed by atoms with van der Waals surface area (Å²) in [5.74, 6) is 1.31. The molecule has 1 aliphatic heterocycles. The molecule has 1 fully saturated rings. The number of carbonyl (C=O) groups is 1. The van der Waals surface area contributed by atoms with Crippen LogP contribution in [0.1, 0.15) is 5.76 Å².